The van der Waals surface area contributed by atoms with Gasteiger partial charge in [-0.1, -0.05) is 47.5 Å². The van der Waals surface area contributed by atoms with Gasteiger partial charge in [-0.05, 0) is 64.0 Å². The number of nitrogens with zero attached hydrogens (tertiary/aromatic N) is 1. The van der Waals surface area contributed by atoms with Crippen LogP contribution in [-0.4, -0.2) is 17.8 Å². The first-order valence-electron chi connectivity index (χ1n) is 9.77. The fraction of sp³-hybridized carbons (Fsp3) is 0.0417. The van der Waals surface area contributed by atoms with E-state index in [-0.39, 0.29) is 17.9 Å². The molecule has 3 aromatic carbocycles. The lowest BCUT2D eigenvalue weighted by Gasteiger charge is -2.26. The quantitative estimate of drug-likeness (QED) is 0.299. The van der Waals surface area contributed by atoms with Gasteiger partial charge < -0.3 is 4.74 Å². The van der Waals surface area contributed by atoms with Gasteiger partial charge in [0.05, 0.1) is 10.2 Å². The molecular weight excluding hydrogens is 550 g/mol. The summed E-state index contributed by atoms with van der Waals surface area (Å²) in [4.78, 5) is 38.1. The van der Waals surface area contributed by atoms with Gasteiger partial charge in [-0.2, -0.15) is 0 Å². The smallest absolute Gasteiger partial charge is 0.336 e. The van der Waals surface area contributed by atoms with Crippen LogP contribution in [0.3, 0.4) is 0 Å². The molecule has 0 saturated carbocycles. The van der Waals surface area contributed by atoms with Gasteiger partial charge in [-0.25, -0.2) is 14.1 Å². The molecule has 3 aromatic rings. The Bertz CT molecular complexity index is 1360. The minimum absolute atomic E-state index is 0.190. The van der Waals surface area contributed by atoms with Crippen LogP contribution in [0, 0.1) is 5.82 Å². The molecule has 0 atom stereocenters. The number of urea groups is 1. The molecule has 10 heteroatoms. The van der Waals surface area contributed by atoms with Crippen molar-refractivity contribution in [1.29, 1.82) is 0 Å². The number of para-hydroxylation sites is 1. The van der Waals surface area contributed by atoms with E-state index in [9.17, 15) is 18.8 Å². The molecule has 1 fully saturated rings. The van der Waals surface area contributed by atoms with Crippen LogP contribution in [0.15, 0.2) is 70.7 Å². The summed E-state index contributed by atoms with van der Waals surface area (Å²) in [5.41, 5.74) is 0.641. The molecule has 1 saturated heterocycles. The van der Waals surface area contributed by atoms with E-state index >= 15 is 0 Å². The molecule has 1 heterocycles. The third-order valence-corrected chi connectivity index (χ3v) is 6.07. The minimum atomic E-state index is -1.02. The Labute approximate surface area is 212 Å². The Kier molecular flexibility index (Phi) is 7.02. The van der Waals surface area contributed by atoms with E-state index in [4.69, 9.17) is 27.9 Å². The van der Waals surface area contributed by atoms with Crippen LogP contribution < -0.4 is 15.0 Å². The van der Waals surface area contributed by atoms with Crippen molar-refractivity contribution in [2.45, 2.75) is 6.61 Å². The van der Waals surface area contributed by atoms with Crippen LogP contribution >= 0.6 is 39.1 Å². The number of nitrogens with one attached hydrogen (secondary N) is 1. The number of halogens is 4. The molecule has 172 valence electrons. The van der Waals surface area contributed by atoms with Crippen LogP contribution in [0.1, 0.15) is 11.1 Å². The van der Waals surface area contributed by atoms with E-state index in [0.29, 0.717) is 30.7 Å². The molecule has 1 aliphatic heterocycles. The maximum absolute atomic E-state index is 14.2. The summed E-state index contributed by atoms with van der Waals surface area (Å²) >= 11 is 15.5. The predicted molar refractivity (Wildman–Crippen MR) is 130 cm³/mol. The standard InChI is InChI=1S/C24H14BrCl2FN2O4/c25-17-10-13(5-8-21(17)34-12-14-6-7-15(26)11-18(14)27)9-16-22(31)29-24(33)30(23(16)32)20-4-2-1-3-19(20)28/h1-11H,12H2,(H,29,31,33)/b16-9-. The Hall–Kier alpha value is -3.20. The highest BCUT2D eigenvalue weighted by atomic mass is 79.9. The zero-order valence-electron chi connectivity index (χ0n) is 17.2. The van der Waals surface area contributed by atoms with Gasteiger partial charge in [0, 0.05) is 15.6 Å². The van der Waals surface area contributed by atoms with Gasteiger partial charge in [-0.3, -0.25) is 14.9 Å². The van der Waals surface area contributed by atoms with Crippen LogP contribution in [-0.2, 0) is 16.2 Å². The molecule has 0 spiro atoms. The molecule has 6 nitrogen and oxygen atoms in total. The zero-order chi connectivity index (χ0) is 24.4. The lowest BCUT2D eigenvalue weighted by Crippen LogP contribution is -2.54. The molecule has 1 aliphatic rings. The molecule has 4 amide bonds. The van der Waals surface area contributed by atoms with Crippen molar-refractivity contribution in [3.05, 3.63) is 97.7 Å². The lowest BCUT2D eigenvalue weighted by molar-refractivity contribution is -0.122. The molecule has 1 N–H and O–H groups in total. The number of amides is 4. The average Bonchev–Trinajstić information content (AvgIpc) is 2.78. The van der Waals surface area contributed by atoms with Gasteiger partial charge in [0.25, 0.3) is 11.8 Å². The summed E-state index contributed by atoms with van der Waals surface area (Å²) in [6.45, 7) is 0.190. The molecule has 0 aliphatic carbocycles. The van der Waals surface area contributed by atoms with E-state index in [2.05, 4.69) is 21.2 Å². The van der Waals surface area contributed by atoms with Crippen molar-refractivity contribution in [3.8, 4) is 5.75 Å². The van der Waals surface area contributed by atoms with Gasteiger partial charge in [0.1, 0.15) is 23.7 Å². The third kappa shape index (κ3) is 4.99. The molecule has 34 heavy (non-hydrogen) atoms. The Morgan fingerprint density at radius 3 is 2.50 bits per heavy atom. The van der Waals surface area contributed by atoms with Gasteiger partial charge in [0.2, 0.25) is 0 Å². The first-order chi connectivity index (χ1) is 16.2. The van der Waals surface area contributed by atoms with E-state index in [1.807, 2.05) is 0 Å². The number of rotatable bonds is 5. The van der Waals surface area contributed by atoms with Gasteiger partial charge in [-0.15, -0.1) is 0 Å². The lowest BCUT2D eigenvalue weighted by atomic mass is 10.1. The Morgan fingerprint density at radius 1 is 1.03 bits per heavy atom. The fourth-order valence-electron chi connectivity index (χ4n) is 3.19. The summed E-state index contributed by atoms with van der Waals surface area (Å²) in [6, 6.07) is 14.3. The van der Waals surface area contributed by atoms with E-state index in [1.165, 1.54) is 24.3 Å². The molecular formula is C24H14BrCl2FN2O4. The topological polar surface area (TPSA) is 75.7 Å². The summed E-state index contributed by atoms with van der Waals surface area (Å²) in [5.74, 6) is -2.09. The first kappa shape index (κ1) is 23.9. The molecule has 0 aromatic heterocycles. The zero-order valence-corrected chi connectivity index (χ0v) is 20.2. The summed E-state index contributed by atoms with van der Waals surface area (Å²) < 4.78 is 20.5. The van der Waals surface area contributed by atoms with Crippen molar-refractivity contribution >= 4 is 68.7 Å². The number of carbonyl (C=O) groups excluding carboxylic acids is 3. The second kappa shape index (κ2) is 9.97. The number of imide groups is 2. The maximum atomic E-state index is 14.2. The minimum Gasteiger partial charge on any atom is -0.488 e. The molecule has 4 rings (SSSR count). The SMILES string of the molecule is O=C1NC(=O)N(c2ccccc2F)C(=O)/C1=C\c1ccc(OCc2ccc(Cl)cc2Cl)c(Br)c1. The number of anilines is 1. The van der Waals surface area contributed by atoms with E-state index in [0.717, 1.165) is 11.6 Å². The van der Waals surface area contributed by atoms with Gasteiger partial charge in [0.15, 0.2) is 0 Å². The van der Waals surface area contributed by atoms with Crippen molar-refractivity contribution in [2.75, 3.05) is 4.90 Å². The van der Waals surface area contributed by atoms with Gasteiger partial charge >= 0.3 is 6.03 Å². The number of hydrogen-bond acceptors (Lipinski definition) is 4. The summed E-state index contributed by atoms with van der Waals surface area (Å²) in [6.07, 6.45) is 1.31. The van der Waals surface area contributed by atoms with Crippen molar-refractivity contribution in [2.24, 2.45) is 0 Å². The average molecular weight is 564 g/mol. The van der Waals surface area contributed by atoms with Crippen LogP contribution in [0.2, 0.25) is 10.0 Å². The van der Waals surface area contributed by atoms with Crippen molar-refractivity contribution < 1.29 is 23.5 Å². The third-order valence-electron chi connectivity index (χ3n) is 4.86. The second-order valence-corrected chi connectivity index (χ2v) is 8.82. The Balaban J connectivity index is 1.57. The number of carbonyl (C=O) groups is 3. The van der Waals surface area contributed by atoms with Crippen molar-refractivity contribution in [1.82, 2.24) is 5.32 Å². The highest BCUT2D eigenvalue weighted by Crippen LogP contribution is 2.30. The van der Waals surface area contributed by atoms with Crippen molar-refractivity contribution in [3.63, 3.8) is 0 Å². The summed E-state index contributed by atoms with van der Waals surface area (Å²) in [5, 5.41) is 3.05. The molecule has 0 unspecified atom stereocenters. The highest BCUT2D eigenvalue weighted by Gasteiger charge is 2.37. The maximum Gasteiger partial charge on any atom is 0.336 e. The number of barbiturate groups is 1. The number of ether oxygens (including phenoxy) is 1. The Morgan fingerprint density at radius 2 is 1.79 bits per heavy atom. The largest absolute Gasteiger partial charge is 0.488 e. The normalized spacial score (nSPS) is 15.0. The van der Waals surface area contributed by atoms with Crippen LogP contribution in [0.4, 0.5) is 14.9 Å². The first-order valence-corrected chi connectivity index (χ1v) is 11.3. The summed E-state index contributed by atoms with van der Waals surface area (Å²) in [7, 11) is 0. The number of hydrogen-bond donors (Lipinski definition) is 1. The second-order valence-electron chi connectivity index (χ2n) is 7.12. The molecule has 0 radical (unpaired) electrons. The number of benzene rings is 3. The molecule has 0 bridgehead atoms. The highest BCUT2D eigenvalue weighted by molar-refractivity contribution is 9.10. The monoisotopic (exact) mass is 562 g/mol. The van der Waals surface area contributed by atoms with Crippen LogP contribution in [0.5, 0.6) is 5.75 Å². The van der Waals surface area contributed by atoms with E-state index in [1.54, 1.807) is 36.4 Å². The fourth-order valence-corrected chi connectivity index (χ4v) is 4.17. The van der Waals surface area contributed by atoms with E-state index < -0.39 is 23.7 Å². The van der Waals surface area contributed by atoms with Crippen LogP contribution in [0.25, 0.3) is 6.08 Å². The predicted octanol–water partition coefficient (Wildman–Crippen LogP) is 6.14.